The van der Waals surface area contributed by atoms with Crippen LogP contribution in [0.15, 0.2) is 53.3 Å². The molecule has 1 aliphatic heterocycles. The van der Waals surface area contributed by atoms with E-state index in [2.05, 4.69) is 15.5 Å². The van der Waals surface area contributed by atoms with Gasteiger partial charge in [0.15, 0.2) is 9.84 Å². The Balaban J connectivity index is 1.52. The summed E-state index contributed by atoms with van der Waals surface area (Å²) in [6, 6.07) is 12.1. The van der Waals surface area contributed by atoms with Crippen LogP contribution >= 0.6 is 0 Å². The first-order valence-corrected chi connectivity index (χ1v) is 11.1. The minimum absolute atomic E-state index is 0.126. The van der Waals surface area contributed by atoms with Crippen molar-refractivity contribution in [3.05, 3.63) is 54.4 Å². The van der Waals surface area contributed by atoms with Gasteiger partial charge < -0.3 is 19.5 Å². The minimum atomic E-state index is -2.96. The monoisotopic (exact) mass is 428 g/mol. The third kappa shape index (κ3) is 4.28. The van der Waals surface area contributed by atoms with Crippen molar-refractivity contribution in [3.63, 3.8) is 0 Å². The quantitative estimate of drug-likeness (QED) is 0.658. The van der Waals surface area contributed by atoms with Crippen molar-refractivity contribution in [2.75, 3.05) is 41.9 Å². The molecule has 1 saturated heterocycles. The number of benzene rings is 1. The van der Waals surface area contributed by atoms with Crippen LogP contribution in [0, 0.1) is 0 Å². The smallest absolute Gasteiger partial charge is 0.274 e. The number of nitrogens with zero attached hydrogens (tertiary/aromatic N) is 3. The molecule has 3 heterocycles. The van der Waals surface area contributed by atoms with Gasteiger partial charge in [-0.15, -0.1) is 0 Å². The predicted octanol–water partition coefficient (Wildman–Crippen LogP) is 2.23. The molecule has 1 fully saturated rings. The van der Waals surface area contributed by atoms with Gasteiger partial charge in [-0.2, -0.15) is 0 Å². The molecular formula is C20H20N4O5S. The Morgan fingerprint density at radius 3 is 2.63 bits per heavy atom. The van der Waals surface area contributed by atoms with E-state index in [0.717, 1.165) is 5.69 Å². The maximum atomic E-state index is 12.7. The van der Waals surface area contributed by atoms with E-state index in [4.69, 9.17) is 9.26 Å². The Morgan fingerprint density at radius 2 is 1.93 bits per heavy atom. The molecule has 1 amide bonds. The van der Waals surface area contributed by atoms with Crippen molar-refractivity contribution in [1.29, 1.82) is 0 Å². The number of hydrogen-bond acceptors (Lipinski definition) is 8. The van der Waals surface area contributed by atoms with E-state index in [0.29, 0.717) is 35.9 Å². The Bertz CT molecular complexity index is 1150. The summed E-state index contributed by atoms with van der Waals surface area (Å²) in [7, 11) is -1.45. The number of carbonyl (C=O) groups is 1. The first-order valence-electron chi connectivity index (χ1n) is 9.28. The lowest BCUT2D eigenvalue weighted by atomic mass is 10.2. The maximum absolute atomic E-state index is 12.7. The highest BCUT2D eigenvalue weighted by Crippen LogP contribution is 2.31. The third-order valence-corrected chi connectivity index (χ3v) is 6.43. The molecule has 0 saturated carbocycles. The van der Waals surface area contributed by atoms with Crippen LogP contribution in [0.3, 0.4) is 0 Å². The number of amides is 1. The summed E-state index contributed by atoms with van der Waals surface area (Å²) >= 11 is 0. The fourth-order valence-corrected chi connectivity index (χ4v) is 4.39. The number of pyridine rings is 1. The SMILES string of the molecule is COc1cc(N2CCS(=O)(=O)CC2)ccc1NC(=O)c1cccc(-c2ccon2)n1. The third-order valence-electron chi connectivity index (χ3n) is 4.82. The van der Waals surface area contributed by atoms with E-state index in [1.165, 1.54) is 13.4 Å². The fourth-order valence-electron chi connectivity index (χ4n) is 3.19. The molecule has 0 unspecified atom stereocenters. The average molecular weight is 428 g/mol. The molecule has 0 aliphatic carbocycles. The standard InChI is InChI=1S/C20H20N4O5S/c1-28-19-13-14(24-8-11-30(26,27)12-9-24)5-6-17(19)22-20(25)18-4-2-3-15(21-18)16-7-10-29-23-16/h2-7,10,13H,8-9,11-12H2,1H3,(H,22,25). The van der Waals surface area contributed by atoms with Gasteiger partial charge >= 0.3 is 0 Å². The molecular weight excluding hydrogens is 408 g/mol. The minimum Gasteiger partial charge on any atom is -0.494 e. The summed E-state index contributed by atoms with van der Waals surface area (Å²) in [5.74, 6) is 0.334. The summed E-state index contributed by atoms with van der Waals surface area (Å²) in [5, 5.41) is 6.64. The van der Waals surface area contributed by atoms with Gasteiger partial charge in [0.1, 0.15) is 23.4 Å². The van der Waals surface area contributed by atoms with Crippen LogP contribution in [0.2, 0.25) is 0 Å². The average Bonchev–Trinajstić information content (AvgIpc) is 3.29. The Hall–Kier alpha value is -3.40. The summed E-state index contributed by atoms with van der Waals surface area (Å²) in [6.45, 7) is 0.853. The molecule has 30 heavy (non-hydrogen) atoms. The molecule has 9 nitrogen and oxygen atoms in total. The molecule has 1 aromatic carbocycles. The summed E-state index contributed by atoms with van der Waals surface area (Å²) in [6.07, 6.45) is 1.44. The van der Waals surface area contributed by atoms with E-state index in [-0.39, 0.29) is 17.2 Å². The van der Waals surface area contributed by atoms with Crippen molar-refractivity contribution in [1.82, 2.24) is 10.1 Å². The van der Waals surface area contributed by atoms with Gasteiger partial charge in [0.2, 0.25) is 0 Å². The molecule has 0 radical (unpaired) electrons. The summed E-state index contributed by atoms with van der Waals surface area (Å²) in [5.41, 5.74) is 2.62. The van der Waals surface area contributed by atoms with Gasteiger partial charge in [0, 0.05) is 30.9 Å². The second kappa shape index (κ2) is 8.15. The largest absolute Gasteiger partial charge is 0.494 e. The highest BCUT2D eigenvalue weighted by Gasteiger charge is 2.22. The number of sulfone groups is 1. The Kier molecular flexibility index (Phi) is 5.40. The van der Waals surface area contributed by atoms with Gasteiger partial charge in [0.05, 0.1) is 30.0 Å². The van der Waals surface area contributed by atoms with E-state index in [1.54, 1.807) is 36.4 Å². The number of anilines is 2. The number of hydrogen-bond donors (Lipinski definition) is 1. The normalized spacial score (nSPS) is 15.6. The van der Waals surface area contributed by atoms with Crippen LogP contribution in [-0.4, -0.2) is 56.2 Å². The second-order valence-corrected chi connectivity index (χ2v) is 9.07. The Morgan fingerprint density at radius 1 is 1.13 bits per heavy atom. The lowest BCUT2D eigenvalue weighted by Gasteiger charge is -2.29. The first kappa shape index (κ1) is 19.9. The van der Waals surface area contributed by atoms with Gasteiger partial charge in [-0.25, -0.2) is 13.4 Å². The fraction of sp³-hybridized carbons (Fsp3) is 0.250. The summed E-state index contributed by atoms with van der Waals surface area (Å²) < 4.78 is 33.5. The number of nitrogens with one attached hydrogen (secondary N) is 1. The summed E-state index contributed by atoms with van der Waals surface area (Å²) in [4.78, 5) is 19.0. The first-order chi connectivity index (χ1) is 14.4. The number of methoxy groups -OCH3 is 1. The number of carbonyl (C=O) groups excluding carboxylic acids is 1. The van der Waals surface area contributed by atoms with Crippen LogP contribution in [0.5, 0.6) is 5.75 Å². The van der Waals surface area contributed by atoms with Gasteiger partial charge in [-0.3, -0.25) is 4.79 Å². The van der Waals surface area contributed by atoms with Crippen molar-refractivity contribution in [3.8, 4) is 17.1 Å². The highest BCUT2D eigenvalue weighted by molar-refractivity contribution is 7.91. The van der Waals surface area contributed by atoms with Gasteiger partial charge in [0.25, 0.3) is 5.91 Å². The maximum Gasteiger partial charge on any atom is 0.274 e. The predicted molar refractivity (Wildman–Crippen MR) is 112 cm³/mol. The number of ether oxygens (including phenoxy) is 1. The molecule has 0 atom stereocenters. The lowest BCUT2D eigenvalue weighted by molar-refractivity contribution is 0.102. The molecule has 3 aromatic rings. The van der Waals surface area contributed by atoms with Crippen LogP contribution in [0.25, 0.3) is 11.4 Å². The molecule has 4 rings (SSSR count). The van der Waals surface area contributed by atoms with Crippen molar-refractivity contribution in [2.45, 2.75) is 0 Å². The van der Waals surface area contributed by atoms with Gasteiger partial charge in [-0.05, 0) is 24.3 Å². The number of rotatable bonds is 5. The van der Waals surface area contributed by atoms with Crippen molar-refractivity contribution >= 4 is 27.1 Å². The molecule has 1 N–H and O–H groups in total. The zero-order valence-corrected chi connectivity index (χ0v) is 17.1. The van der Waals surface area contributed by atoms with Crippen LogP contribution in [0.4, 0.5) is 11.4 Å². The second-order valence-electron chi connectivity index (χ2n) is 6.77. The molecule has 156 valence electrons. The van der Waals surface area contributed by atoms with E-state index < -0.39 is 15.7 Å². The number of aromatic nitrogens is 2. The zero-order valence-electron chi connectivity index (χ0n) is 16.2. The van der Waals surface area contributed by atoms with Crippen molar-refractivity contribution < 1.29 is 22.5 Å². The lowest BCUT2D eigenvalue weighted by Crippen LogP contribution is -2.40. The van der Waals surface area contributed by atoms with E-state index in [9.17, 15) is 13.2 Å². The molecule has 10 heteroatoms. The van der Waals surface area contributed by atoms with Crippen LogP contribution < -0.4 is 15.0 Å². The Labute approximate surface area is 173 Å². The van der Waals surface area contributed by atoms with E-state index >= 15 is 0 Å². The van der Waals surface area contributed by atoms with Crippen LogP contribution in [0.1, 0.15) is 10.5 Å². The van der Waals surface area contributed by atoms with Crippen LogP contribution in [-0.2, 0) is 9.84 Å². The van der Waals surface area contributed by atoms with Crippen molar-refractivity contribution in [2.24, 2.45) is 0 Å². The topological polar surface area (TPSA) is 115 Å². The van der Waals surface area contributed by atoms with E-state index in [1.807, 2.05) is 11.0 Å². The molecule has 2 aromatic heterocycles. The molecule has 0 bridgehead atoms. The molecule has 0 spiro atoms. The van der Waals surface area contributed by atoms with Gasteiger partial charge in [-0.1, -0.05) is 11.2 Å². The molecule has 1 aliphatic rings. The highest BCUT2D eigenvalue weighted by atomic mass is 32.2. The zero-order chi connectivity index (χ0) is 21.1.